The monoisotopic (exact) mass is 299 g/mol. The van der Waals surface area contributed by atoms with Crippen LogP contribution in [0.1, 0.15) is 37.7 Å². The average molecular weight is 299 g/mol. The van der Waals surface area contributed by atoms with Crippen molar-refractivity contribution >= 4 is 17.5 Å². The number of carbonyl (C=O) groups excluding carboxylic acids is 2. The fraction of sp³-hybridized carbons (Fsp3) is 0.471. The Kier molecular flexibility index (Phi) is 4.51. The predicted molar refractivity (Wildman–Crippen MR) is 84.4 cm³/mol. The third kappa shape index (κ3) is 3.35. The maximum absolute atomic E-state index is 12.3. The standard InChI is InChI=1S/C17H21N3O2/c21-16-10-9-15(14-7-3-1-4-8-14)18-20(16)13-17(22)19-11-5-2-6-12-19/h1,3-4,7-8H,2,5-6,9-13H2. The molecule has 0 saturated carbocycles. The van der Waals surface area contributed by atoms with Crippen molar-refractivity contribution in [2.75, 3.05) is 19.6 Å². The summed E-state index contributed by atoms with van der Waals surface area (Å²) >= 11 is 0. The molecular weight excluding hydrogens is 278 g/mol. The van der Waals surface area contributed by atoms with Gasteiger partial charge in [0.05, 0.1) is 5.71 Å². The highest BCUT2D eigenvalue weighted by molar-refractivity contribution is 6.04. The molecule has 1 aromatic carbocycles. The summed E-state index contributed by atoms with van der Waals surface area (Å²) in [7, 11) is 0. The quantitative estimate of drug-likeness (QED) is 0.857. The number of benzene rings is 1. The lowest BCUT2D eigenvalue weighted by molar-refractivity contribution is -0.141. The van der Waals surface area contributed by atoms with Crippen LogP contribution < -0.4 is 0 Å². The number of rotatable bonds is 3. The van der Waals surface area contributed by atoms with E-state index < -0.39 is 0 Å². The van der Waals surface area contributed by atoms with Crippen LogP contribution in [0.15, 0.2) is 35.4 Å². The molecule has 0 aromatic heterocycles. The number of nitrogens with zero attached hydrogens (tertiary/aromatic N) is 3. The smallest absolute Gasteiger partial charge is 0.244 e. The minimum atomic E-state index is -0.0648. The molecule has 0 atom stereocenters. The number of hydrogen-bond acceptors (Lipinski definition) is 3. The molecular formula is C17H21N3O2. The Balaban J connectivity index is 1.71. The predicted octanol–water partition coefficient (Wildman–Crippen LogP) is 2.03. The van der Waals surface area contributed by atoms with Crippen LogP contribution in [0, 0.1) is 0 Å². The van der Waals surface area contributed by atoms with Gasteiger partial charge in [0.15, 0.2) is 0 Å². The summed E-state index contributed by atoms with van der Waals surface area (Å²) in [6.45, 7) is 1.67. The number of hydrogen-bond donors (Lipinski definition) is 0. The SMILES string of the molecule is O=C(CN1N=C(c2ccccc2)CCC1=O)N1CCCCC1. The first kappa shape index (κ1) is 14.8. The summed E-state index contributed by atoms with van der Waals surface area (Å²) in [5, 5.41) is 5.77. The van der Waals surface area contributed by atoms with E-state index in [0.717, 1.165) is 37.2 Å². The molecule has 0 unspecified atom stereocenters. The molecule has 0 bridgehead atoms. The van der Waals surface area contributed by atoms with E-state index in [1.165, 1.54) is 11.4 Å². The van der Waals surface area contributed by atoms with E-state index in [4.69, 9.17) is 0 Å². The van der Waals surface area contributed by atoms with Gasteiger partial charge in [-0.3, -0.25) is 9.59 Å². The van der Waals surface area contributed by atoms with E-state index in [-0.39, 0.29) is 18.4 Å². The normalized spacial score (nSPS) is 19.1. The van der Waals surface area contributed by atoms with Gasteiger partial charge < -0.3 is 4.90 Å². The molecule has 2 aliphatic rings. The lowest BCUT2D eigenvalue weighted by Gasteiger charge is -2.29. The third-order valence-corrected chi connectivity index (χ3v) is 4.21. The van der Waals surface area contributed by atoms with Crippen molar-refractivity contribution in [1.29, 1.82) is 0 Å². The number of hydrazone groups is 1. The van der Waals surface area contributed by atoms with E-state index >= 15 is 0 Å². The summed E-state index contributed by atoms with van der Waals surface area (Å²) in [6, 6.07) is 9.84. The van der Waals surface area contributed by atoms with Gasteiger partial charge in [-0.05, 0) is 24.8 Å². The van der Waals surface area contributed by atoms with Crippen molar-refractivity contribution in [1.82, 2.24) is 9.91 Å². The molecule has 2 amide bonds. The molecule has 2 heterocycles. The van der Waals surface area contributed by atoms with E-state index in [1.54, 1.807) is 0 Å². The number of carbonyl (C=O) groups is 2. The fourth-order valence-electron chi connectivity index (χ4n) is 2.93. The Hall–Kier alpha value is -2.17. The Bertz CT molecular complexity index is 577. The summed E-state index contributed by atoms with van der Waals surface area (Å²) < 4.78 is 0. The van der Waals surface area contributed by atoms with Crippen molar-refractivity contribution in [3.63, 3.8) is 0 Å². The molecule has 1 fully saturated rings. The van der Waals surface area contributed by atoms with Crippen LogP contribution in [0.2, 0.25) is 0 Å². The minimum Gasteiger partial charge on any atom is -0.341 e. The molecule has 0 aliphatic carbocycles. The maximum Gasteiger partial charge on any atom is 0.244 e. The Morgan fingerprint density at radius 2 is 1.77 bits per heavy atom. The lowest BCUT2D eigenvalue weighted by atomic mass is 10.0. The van der Waals surface area contributed by atoms with Gasteiger partial charge in [0.2, 0.25) is 11.8 Å². The summed E-state index contributed by atoms with van der Waals surface area (Å²) in [6.07, 6.45) is 4.34. The van der Waals surface area contributed by atoms with Crippen LogP contribution in [0.25, 0.3) is 0 Å². The second-order valence-electron chi connectivity index (χ2n) is 5.81. The molecule has 0 radical (unpaired) electrons. The van der Waals surface area contributed by atoms with Crippen LogP contribution in [-0.4, -0.2) is 47.1 Å². The van der Waals surface area contributed by atoms with Crippen LogP contribution >= 0.6 is 0 Å². The van der Waals surface area contributed by atoms with E-state index in [1.807, 2.05) is 35.2 Å². The van der Waals surface area contributed by atoms with Gasteiger partial charge >= 0.3 is 0 Å². The van der Waals surface area contributed by atoms with Crippen molar-refractivity contribution in [3.8, 4) is 0 Å². The van der Waals surface area contributed by atoms with Gasteiger partial charge in [-0.2, -0.15) is 5.10 Å². The largest absolute Gasteiger partial charge is 0.341 e. The molecule has 1 aromatic rings. The lowest BCUT2D eigenvalue weighted by Crippen LogP contribution is -2.44. The first-order valence-corrected chi connectivity index (χ1v) is 7.95. The van der Waals surface area contributed by atoms with Crippen LogP contribution in [0.3, 0.4) is 0 Å². The first-order valence-electron chi connectivity index (χ1n) is 7.95. The maximum atomic E-state index is 12.3. The number of likely N-dealkylation sites (tertiary alicyclic amines) is 1. The highest BCUT2D eigenvalue weighted by Gasteiger charge is 2.26. The fourth-order valence-corrected chi connectivity index (χ4v) is 2.93. The van der Waals surface area contributed by atoms with Crippen molar-refractivity contribution in [2.45, 2.75) is 32.1 Å². The second kappa shape index (κ2) is 6.73. The molecule has 1 saturated heterocycles. The first-order chi connectivity index (χ1) is 10.7. The highest BCUT2D eigenvalue weighted by atomic mass is 16.2. The minimum absolute atomic E-state index is 0.00566. The summed E-state index contributed by atoms with van der Waals surface area (Å²) in [5.41, 5.74) is 1.90. The average Bonchev–Trinajstić information content (AvgIpc) is 2.58. The Morgan fingerprint density at radius 1 is 1.05 bits per heavy atom. The van der Waals surface area contributed by atoms with E-state index in [0.29, 0.717) is 12.8 Å². The van der Waals surface area contributed by atoms with Gasteiger partial charge in [-0.15, -0.1) is 0 Å². The molecule has 3 rings (SSSR count). The summed E-state index contributed by atoms with van der Waals surface area (Å²) in [5.74, 6) is -0.0591. The Labute approximate surface area is 130 Å². The summed E-state index contributed by atoms with van der Waals surface area (Å²) in [4.78, 5) is 26.2. The molecule has 5 heteroatoms. The third-order valence-electron chi connectivity index (χ3n) is 4.21. The van der Waals surface area contributed by atoms with Gasteiger partial charge in [-0.1, -0.05) is 30.3 Å². The van der Waals surface area contributed by atoms with Crippen LogP contribution in [0.5, 0.6) is 0 Å². The molecule has 0 N–H and O–H groups in total. The molecule has 22 heavy (non-hydrogen) atoms. The zero-order valence-electron chi connectivity index (χ0n) is 12.7. The van der Waals surface area contributed by atoms with Crippen molar-refractivity contribution in [2.24, 2.45) is 5.10 Å². The molecule has 0 spiro atoms. The second-order valence-corrected chi connectivity index (χ2v) is 5.81. The zero-order valence-corrected chi connectivity index (χ0v) is 12.7. The van der Waals surface area contributed by atoms with Crippen LogP contribution in [0.4, 0.5) is 0 Å². The van der Waals surface area contributed by atoms with Crippen molar-refractivity contribution in [3.05, 3.63) is 35.9 Å². The van der Waals surface area contributed by atoms with Crippen molar-refractivity contribution < 1.29 is 9.59 Å². The molecule has 116 valence electrons. The van der Waals surface area contributed by atoms with Gasteiger partial charge in [-0.25, -0.2) is 5.01 Å². The molecule has 5 nitrogen and oxygen atoms in total. The van der Waals surface area contributed by atoms with Gasteiger partial charge in [0, 0.05) is 25.9 Å². The van der Waals surface area contributed by atoms with E-state index in [2.05, 4.69) is 5.10 Å². The highest BCUT2D eigenvalue weighted by Crippen LogP contribution is 2.16. The number of piperidine rings is 1. The number of amides is 2. The van der Waals surface area contributed by atoms with Gasteiger partial charge in [0.25, 0.3) is 0 Å². The van der Waals surface area contributed by atoms with Crippen LogP contribution in [-0.2, 0) is 9.59 Å². The zero-order chi connectivity index (χ0) is 15.4. The molecule has 2 aliphatic heterocycles. The van der Waals surface area contributed by atoms with E-state index in [9.17, 15) is 9.59 Å². The Morgan fingerprint density at radius 3 is 2.50 bits per heavy atom. The topological polar surface area (TPSA) is 53.0 Å². The van der Waals surface area contributed by atoms with Gasteiger partial charge in [0.1, 0.15) is 6.54 Å².